The van der Waals surface area contributed by atoms with Crippen molar-refractivity contribution in [3.05, 3.63) is 65.9 Å². The van der Waals surface area contributed by atoms with Gasteiger partial charge >= 0.3 is 0 Å². The van der Waals surface area contributed by atoms with Crippen LogP contribution >= 0.6 is 12.4 Å². The molecule has 0 bridgehead atoms. The highest BCUT2D eigenvalue weighted by Crippen LogP contribution is 2.21. The second kappa shape index (κ2) is 8.70. The maximum absolute atomic E-state index is 12.4. The van der Waals surface area contributed by atoms with E-state index in [1.807, 2.05) is 54.7 Å². The number of ether oxygens (including phenoxy) is 1. The number of carbonyl (C=O) groups excluding carboxylic acids is 1. The Morgan fingerprint density at radius 2 is 1.84 bits per heavy atom. The SMILES string of the molecule is COc1ccccc1CCC(=O)C(N)Cc1c[nH]c2ccccc12.Cl. The van der Waals surface area contributed by atoms with Crippen LogP contribution in [0.1, 0.15) is 17.5 Å². The summed E-state index contributed by atoms with van der Waals surface area (Å²) < 4.78 is 5.32. The van der Waals surface area contributed by atoms with Crippen LogP contribution in [0.4, 0.5) is 0 Å². The lowest BCUT2D eigenvalue weighted by molar-refractivity contribution is -0.120. The molecule has 0 aliphatic heterocycles. The number of methoxy groups -OCH3 is 1. The molecule has 132 valence electrons. The third-order valence-corrected chi connectivity index (χ3v) is 4.36. The summed E-state index contributed by atoms with van der Waals surface area (Å²) >= 11 is 0. The lowest BCUT2D eigenvalue weighted by atomic mass is 9.98. The van der Waals surface area contributed by atoms with Crippen molar-refractivity contribution in [2.75, 3.05) is 7.11 Å². The number of para-hydroxylation sites is 2. The fourth-order valence-electron chi connectivity index (χ4n) is 3.00. The van der Waals surface area contributed by atoms with Crippen molar-refractivity contribution in [1.29, 1.82) is 0 Å². The number of fused-ring (bicyclic) bond motifs is 1. The van der Waals surface area contributed by atoms with Crippen LogP contribution in [0.15, 0.2) is 54.7 Å². The third kappa shape index (κ3) is 4.41. The molecular weight excluding hydrogens is 336 g/mol. The van der Waals surface area contributed by atoms with Gasteiger partial charge in [0.2, 0.25) is 0 Å². The topological polar surface area (TPSA) is 68.1 Å². The molecule has 5 heteroatoms. The molecule has 0 amide bonds. The summed E-state index contributed by atoms with van der Waals surface area (Å²) in [5, 5.41) is 1.13. The number of benzene rings is 2. The number of aromatic amines is 1. The lowest BCUT2D eigenvalue weighted by Crippen LogP contribution is -2.32. The Kier molecular flexibility index (Phi) is 6.62. The molecule has 25 heavy (non-hydrogen) atoms. The molecule has 0 radical (unpaired) electrons. The van der Waals surface area contributed by atoms with Gasteiger partial charge in [-0.15, -0.1) is 12.4 Å². The van der Waals surface area contributed by atoms with E-state index in [2.05, 4.69) is 4.98 Å². The number of ketones is 1. The molecule has 0 saturated heterocycles. The smallest absolute Gasteiger partial charge is 0.150 e. The maximum Gasteiger partial charge on any atom is 0.150 e. The Balaban J connectivity index is 0.00000225. The highest BCUT2D eigenvalue weighted by molar-refractivity contribution is 5.87. The van der Waals surface area contributed by atoms with Gasteiger partial charge in [-0.1, -0.05) is 36.4 Å². The number of rotatable bonds is 7. The van der Waals surface area contributed by atoms with Gasteiger partial charge in [-0.2, -0.15) is 0 Å². The minimum Gasteiger partial charge on any atom is -0.496 e. The fourth-order valence-corrected chi connectivity index (χ4v) is 3.00. The zero-order valence-corrected chi connectivity index (χ0v) is 15.0. The van der Waals surface area contributed by atoms with Crippen LogP contribution in [0, 0.1) is 0 Å². The van der Waals surface area contributed by atoms with Crippen LogP contribution in [0.3, 0.4) is 0 Å². The summed E-state index contributed by atoms with van der Waals surface area (Å²) in [6.07, 6.45) is 3.56. The van der Waals surface area contributed by atoms with Crippen LogP contribution in [-0.2, 0) is 17.6 Å². The van der Waals surface area contributed by atoms with E-state index in [0.717, 1.165) is 27.8 Å². The molecule has 1 aromatic heterocycles. The molecular formula is C20H23ClN2O2. The molecule has 1 heterocycles. The molecule has 0 aliphatic carbocycles. The van der Waals surface area contributed by atoms with Gasteiger partial charge in [-0.05, 0) is 36.1 Å². The predicted octanol–water partition coefficient (Wildman–Crippen LogP) is 3.67. The minimum atomic E-state index is -0.487. The molecule has 0 saturated carbocycles. The summed E-state index contributed by atoms with van der Waals surface area (Å²) in [5.74, 6) is 0.890. The van der Waals surface area contributed by atoms with Crippen molar-refractivity contribution < 1.29 is 9.53 Å². The van der Waals surface area contributed by atoms with E-state index in [9.17, 15) is 4.79 Å². The quantitative estimate of drug-likeness (QED) is 0.677. The van der Waals surface area contributed by atoms with Gasteiger partial charge < -0.3 is 15.5 Å². The molecule has 3 aromatic rings. The van der Waals surface area contributed by atoms with E-state index in [1.54, 1.807) is 7.11 Å². The first-order valence-electron chi connectivity index (χ1n) is 8.14. The number of halogens is 1. The van der Waals surface area contributed by atoms with E-state index >= 15 is 0 Å². The number of hydrogen-bond acceptors (Lipinski definition) is 3. The summed E-state index contributed by atoms with van der Waals surface area (Å²) in [4.78, 5) is 15.6. The van der Waals surface area contributed by atoms with Crippen LogP contribution in [0.5, 0.6) is 5.75 Å². The highest BCUT2D eigenvalue weighted by Gasteiger charge is 2.16. The van der Waals surface area contributed by atoms with Crippen LogP contribution in [-0.4, -0.2) is 23.9 Å². The highest BCUT2D eigenvalue weighted by atomic mass is 35.5. The Morgan fingerprint density at radius 1 is 1.12 bits per heavy atom. The van der Waals surface area contributed by atoms with E-state index in [0.29, 0.717) is 19.3 Å². The first-order valence-corrected chi connectivity index (χ1v) is 8.14. The summed E-state index contributed by atoms with van der Waals surface area (Å²) in [5.41, 5.74) is 9.33. The van der Waals surface area contributed by atoms with Crippen molar-refractivity contribution in [3.63, 3.8) is 0 Å². The van der Waals surface area contributed by atoms with Crippen LogP contribution in [0.2, 0.25) is 0 Å². The van der Waals surface area contributed by atoms with E-state index < -0.39 is 6.04 Å². The zero-order chi connectivity index (χ0) is 16.9. The molecule has 1 atom stereocenters. The second-order valence-electron chi connectivity index (χ2n) is 5.95. The van der Waals surface area contributed by atoms with Crippen molar-refractivity contribution in [3.8, 4) is 5.75 Å². The molecule has 2 aromatic carbocycles. The number of Topliss-reactive ketones (excluding diaryl/α,β-unsaturated/α-hetero) is 1. The van der Waals surface area contributed by atoms with Gasteiger partial charge in [0.15, 0.2) is 0 Å². The number of carbonyl (C=O) groups is 1. The maximum atomic E-state index is 12.4. The van der Waals surface area contributed by atoms with Crippen LogP contribution in [0.25, 0.3) is 10.9 Å². The average Bonchev–Trinajstić information content (AvgIpc) is 3.03. The predicted molar refractivity (Wildman–Crippen MR) is 104 cm³/mol. The number of nitrogens with two attached hydrogens (primary N) is 1. The third-order valence-electron chi connectivity index (χ3n) is 4.36. The first-order chi connectivity index (χ1) is 11.7. The minimum absolute atomic E-state index is 0. The molecule has 1 unspecified atom stereocenters. The number of aryl methyl sites for hydroxylation is 1. The first kappa shape index (κ1) is 19.0. The number of aromatic nitrogens is 1. The van der Waals surface area contributed by atoms with Gasteiger partial charge in [0, 0.05) is 23.5 Å². The van der Waals surface area contributed by atoms with E-state index in [-0.39, 0.29) is 18.2 Å². The van der Waals surface area contributed by atoms with Crippen LogP contribution < -0.4 is 10.5 Å². The number of hydrogen-bond donors (Lipinski definition) is 2. The summed E-state index contributed by atoms with van der Waals surface area (Å²) in [6.45, 7) is 0. The normalized spacial score (nSPS) is 11.8. The van der Waals surface area contributed by atoms with Crippen molar-refractivity contribution >= 4 is 29.1 Å². The van der Waals surface area contributed by atoms with Gasteiger partial charge in [-0.3, -0.25) is 4.79 Å². The van der Waals surface area contributed by atoms with Gasteiger partial charge in [0.1, 0.15) is 11.5 Å². The summed E-state index contributed by atoms with van der Waals surface area (Å²) in [6, 6.07) is 15.3. The molecule has 3 N–H and O–H groups in total. The average molecular weight is 359 g/mol. The zero-order valence-electron chi connectivity index (χ0n) is 14.2. The van der Waals surface area contributed by atoms with Crippen molar-refractivity contribution in [2.45, 2.75) is 25.3 Å². The molecule has 0 aliphatic rings. The Bertz CT molecular complexity index is 844. The molecule has 0 fully saturated rings. The van der Waals surface area contributed by atoms with Gasteiger partial charge in [-0.25, -0.2) is 0 Å². The van der Waals surface area contributed by atoms with Crippen molar-refractivity contribution in [2.24, 2.45) is 5.73 Å². The Hall–Kier alpha value is -2.30. The fraction of sp³-hybridized carbons (Fsp3) is 0.250. The van der Waals surface area contributed by atoms with E-state index in [4.69, 9.17) is 10.5 Å². The van der Waals surface area contributed by atoms with Crippen molar-refractivity contribution in [1.82, 2.24) is 4.98 Å². The van der Waals surface area contributed by atoms with Gasteiger partial charge in [0.05, 0.1) is 13.2 Å². The molecule has 3 rings (SSSR count). The van der Waals surface area contributed by atoms with E-state index in [1.165, 1.54) is 0 Å². The Morgan fingerprint density at radius 3 is 2.64 bits per heavy atom. The molecule has 0 spiro atoms. The standard InChI is InChI=1S/C20H22N2O2.ClH/c1-24-20-9-5-2-6-14(20)10-11-19(23)17(21)12-15-13-22-18-8-4-3-7-16(15)18;/h2-9,13,17,22H,10-12,21H2,1H3;1H. The molecule has 4 nitrogen and oxygen atoms in total. The monoisotopic (exact) mass is 358 g/mol. The second-order valence-corrected chi connectivity index (χ2v) is 5.95. The largest absolute Gasteiger partial charge is 0.496 e. The summed E-state index contributed by atoms with van der Waals surface area (Å²) in [7, 11) is 1.64. The lowest BCUT2D eigenvalue weighted by Gasteiger charge is -2.11. The number of H-pyrrole nitrogens is 1. The van der Waals surface area contributed by atoms with Gasteiger partial charge in [0.25, 0.3) is 0 Å². The Labute approximate surface area is 153 Å². The number of nitrogens with one attached hydrogen (secondary N) is 1.